The Balaban J connectivity index is 4.13. The predicted octanol–water partition coefficient (Wildman–Crippen LogP) is 11.4. The molecule has 0 fully saturated rings. The minimum absolute atomic E-state index is 0.0922. The summed E-state index contributed by atoms with van der Waals surface area (Å²) in [6, 6.07) is 0. The zero-order valence-corrected chi connectivity index (χ0v) is 32.8. The minimum atomic E-state index is -4.28. The number of hydrogen-bond acceptors (Lipinski definition) is 7. The maximum Gasteiger partial charge on any atom is 0.472 e. The van der Waals surface area contributed by atoms with E-state index in [1.165, 1.54) is 51.4 Å². The van der Waals surface area contributed by atoms with Crippen LogP contribution in [0.1, 0.15) is 155 Å². The molecule has 290 valence electrons. The number of phosphoric ester groups is 1. The second-order valence-corrected chi connectivity index (χ2v) is 14.2. The van der Waals surface area contributed by atoms with Crippen LogP contribution in [0.25, 0.3) is 0 Å². The standard InChI is InChI=1S/C41H74NO7P/c1-3-5-7-9-11-13-15-17-19-20-21-22-24-26-28-30-32-34-41(43)49-40(39-48-50(44,45)47-37-35-42)38-46-36-33-31-29-27-25-23-18-16-14-12-10-8-6-4-2/h6,8,11-14,17-19,23,40H,3-5,7,9-10,15-16,20-22,24-39,42H2,1-2H3,(H,44,45)/b8-6-,13-11-,14-12-,19-17-,23-18-. The fourth-order valence-electron chi connectivity index (χ4n) is 5.04. The summed E-state index contributed by atoms with van der Waals surface area (Å²) < 4.78 is 33.3. The Hall–Kier alpha value is -1.80. The second-order valence-electron chi connectivity index (χ2n) is 12.8. The van der Waals surface area contributed by atoms with Gasteiger partial charge in [0.2, 0.25) is 0 Å². The lowest BCUT2D eigenvalue weighted by molar-refractivity contribution is -0.154. The molecule has 0 saturated carbocycles. The summed E-state index contributed by atoms with van der Waals surface area (Å²) in [5.41, 5.74) is 5.35. The zero-order chi connectivity index (χ0) is 36.6. The summed E-state index contributed by atoms with van der Waals surface area (Å²) in [4.78, 5) is 22.4. The van der Waals surface area contributed by atoms with E-state index < -0.39 is 13.9 Å². The molecule has 0 aromatic heterocycles. The van der Waals surface area contributed by atoms with Crippen molar-refractivity contribution in [3.63, 3.8) is 0 Å². The van der Waals surface area contributed by atoms with Crippen molar-refractivity contribution in [2.24, 2.45) is 5.73 Å². The smallest absolute Gasteiger partial charge is 0.457 e. The van der Waals surface area contributed by atoms with E-state index in [4.69, 9.17) is 24.3 Å². The topological polar surface area (TPSA) is 117 Å². The Morgan fingerprint density at radius 3 is 1.68 bits per heavy atom. The highest BCUT2D eigenvalue weighted by Crippen LogP contribution is 2.43. The van der Waals surface area contributed by atoms with E-state index in [0.717, 1.165) is 83.5 Å². The number of allylic oxidation sites excluding steroid dienone is 10. The number of esters is 1. The number of rotatable bonds is 37. The molecule has 0 radical (unpaired) electrons. The highest BCUT2D eigenvalue weighted by Gasteiger charge is 2.25. The van der Waals surface area contributed by atoms with Crippen LogP contribution in [0.3, 0.4) is 0 Å². The molecule has 0 rings (SSSR count). The van der Waals surface area contributed by atoms with Gasteiger partial charge in [0, 0.05) is 19.6 Å². The number of hydrogen-bond donors (Lipinski definition) is 2. The summed E-state index contributed by atoms with van der Waals surface area (Å²) in [6.07, 6.45) is 45.2. The third-order valence-corrected chi connectivity index (χ3v) is 8.90. The minimum Gasteiger partial charge on any atom is -0.457 e. The molecule has 0 aromatic rings. The van der Waals surface area contributed by atoms with Gasteiger partial charge in [-0.25, -0.2) is 4.57 Å². The van der Waals surface area contributed by atoms with Crippen LogP contribution < -0.4 is 5.73 Å². The molecule has 0 spiro atoms. The lowest BCUT2D eigenvalue weighted by Crippen LogP contribution is -2.28. The summed E-state index contributed by atoms with van der Waals surface area (Å²) in [7, 11) is -4.28. The van der Waals surface area contributed by atoms with Crippen LogP contribution >= 0.6 is 7.82 Å². The first-order valence-electron chi connectivity index (χ1n) is 19.8. The Morgan fingerprint density at radius 2 is 1.12 bits per heavy atom. The van der Waals surface area contributed by atoms with Gasteiger partial charge in [-0.2, -0.15) is 0 Å². The van der Waals surface area contributed by atoms with E-state index in [0.29, 0.717) is 13.0 Å². The van der Waals surface area contributed by atoms with Crippen LogP contribution in [0, 0.1) is 0 Å². The molecule has 2 unspecified atom stereocenters. The fraction of sp³-hybridized carbons (Fsp3) is 0.732. The molecule has 0 saturated heterocycles. The Labute approximate surface area is 306 Å². The van der Waals surface area contributed by atoms with Gasteiger partial charge >= 0.3 is 13.8 Å². The van der Waals surface area contributed by atoms with E-state index in [2.05, 4.69) is 74.6 Å². The summed E-state index contributed by atoms with van der Waals surface area (Å²) in [5, 5.41) is 0. The largest absolute Gasteiger partial charge is 0.472 e. The van der Waals surface area contributed by atoms with Crippen molar-refractivity contribution >= 4 is 13.8 Å². The molecular weight excluding hydrogens is 649 g/mol. The molecule has 0 bridgehead atoms. The molecule has 50 heavy (non-hydrogen) atoms. The van der Waals surface area contributed by atoms with Crippen LogP contribution in [0.4, 0.5) is 0 Å². The molecule has 0 aliphatic carbocycles. The first kappa shape index (κ1) is 48.2. The van der Waals surface area contributed by atoms with Crippen LogP contribution in [-0.4, -0.2) is 49.9 Å². The van der Waals surface area contributed by atoms with Crippen molar-refractivity contribution in [3.8, 4) is 0 Å². The number of carbonyl (C=O) groups is 1. The van der Waals surface area contributed by atoms with Gasteiger partial charge in [0.1, 0.15) is 6.10 Å². The van der Waals surface area contributed by atoms with Crippen molar-refractivity contribution < 1.29 is 32.8 Å². The molecule has 0 amide bonds. The molecule has 0 aromatic carbocycles. The number of phosphoric acid groups is 1. The molecule has 3 N–H and O–H groups in total. The van der Waals surface area contributed by atoms with Crippen LogP contribution in [-0.2, 0) is 27.9 Å². The maximum absolute atomic E-state index is 12.5. The third kappa shape index (κ3) is 37.5. The number of unbranched alkanes of at least 4 members (excludes halogenated alkanes) is 14. The van der Waals surface area contributed by atoms with Crippen molar-refractivity contribution in [2.75, 3.05) is 33.0 Å². The Kier molecular flexibility index (Phi) is 37.0. The van der Waals surface area contributed by atoms with Gasteiger partial charge in [0.15, 0.2) is 0 Å². The van der Waals surface area contributed by atoms with Gasteiger partial charge in [-0.1, -0.05) is 132 Å². The molecule has 9 heteroatoms. The second kappa shape index (κ2) is 38.4. The lowest BCUT2D eigenvalue weighted by atomic mass is 10.1. The molecule has 8 nitrogen and oxygen atoms in total. The molecule has 2 atom stereocenters. The monoisotopic (exact) mass is 724 g/mol. The fourth-order valence-corrected chi connectivity index (χ4v) is 5.80. The molecular formula is C41H74NO7P. The average molecular weight is 724 g/mol. The van der Waals surface area contributed by atoms with E-state index in [1.54, 1.807) is 0 Å². The summed E-state index contributed by atoms with van der Waals surface area (Å²) in [6.45, 7) is 4.70. The van der Waals surface area contributed by atoms with Gasteiger partial charge < -0.3 is 20.1 Å². The lowest BCUT2D eigenvalue weighted by Gasteiger charge is -2.20. The summed E-state index contributed by atoms with van der Waals surface area (Å²) in [5.74, 6) is -0.350. The van der Waals surface area contributed by atoms with Crippen LogP contribution in [0.15, 0.2) is 60.8 Å². The number of nitrogens with two attached hydrogens (primary N) is 1. The Morgan fingerprint density at radius 1 is 0.620 bits per heavy atom. The highest BCUT2D eigenvalue weighted by atomic mass is 31.2. The van der Waals surface area contributed by atoms with Gasteiger partial charge in [0.25, 0.3) is 0 Å². The molecule has 0 aliphatic heterocycles. The zero-order valence-electron chi connectivity index (χ0n) is 31.9. The summed E-state index contributed by atoms with van der Waals surface area (Å²) >= 11 is 0. The van der Waals surface area contributed by atoms with E-state index in [9.17, 15) is 14.3 Å². The van der Waals surface area contributed by atoms with Gasteiger partial charge in [0.05, 0.1) is 19.8 Å². The van der Waals surface area contributed by atoms with Crippen molar-refractivity contribution in [1.82, 2.24) is 0 Å². The van der Waals surface area contributed by atoms with Crippen LogP contribution in [0.5, 0.6) is 0 Å². The van der Waals surface area contributed by atoms with Crippen molar-refractivity contribution in [2.45, 2.75) is 161 Å². The first-order valence-corrected chi connectivity index (χ1v) is 21.3. The van der Waals surface area contributed by atoms with E-state index in [1.807, 2.05) is 0 Å². The quantitative estimate of drug-likeness (QED) is 0.0281. The van der Waals surface area contributed by atoms with Crippen molar-refractivity contribution in [1.29, 1.82) is 0 Å². The maximum atomic E-state index is 12.5. The molecule has 0 aliphatic rings. The van der Waals surface area contributed by atoms with Gasteiger partial charge in [-0.3, -0.25) is 13.8 Å². The highest BCUT2D eigenvalue weighted by molar-refractivity contribution is 7.47. The number of carbonyl (C=O) groups excluding carboxylic acids is 1. The SMILES string of the molecule is CC/C=C\C/C=C\C/C=C\CCCCCCOCC(COP(=O)(O)OCCN)OC(=O)CCCCCCCCC/C=C\C/C=C\CCCCC. The normalized spacial score (nSPS) is 14.2. The average Bonchev–Trinajstić information content (AvgIpc) is 3.10. The van der Waals surface area contributed by atoms with E-state index in [-0.39, 0.29) is 32.3 Å². The first-order chi connectivity index (χ1) is 24.4. The Bertz CT molecular complexity index is 947. The number of ether oxygens (including phenoxy) is 2. The van der Waals surface area contributed by atoms with E-state index >= 15 is 0 Å². The third-order valence-electron chi connectivity index (χ3n) is 7.92. The predicted molar refractivity (Wildman–Crippen MR) is 210 cm³/mol. The van der Waals surface area contributed by atoms with Gasteiger partial charge in [-0.15, -0.1) is 0 Å². The van der Waals surface area contributed by atoms with Crippen LogP contribution in [0.2, 0.25) is 0 Å². The van der Waals surface area contributed by atoms with Gasteiger partial charge in [-0.05, 0) is 77.0 Å². The van der Waals surface area contributed by atoms with Crippen molar-refractivity contribution in [3.05, 3.63) is 60.8 Å². The molecule has 0 heterocycles.